The number of aromatic hydroxyl groups is 1. The SMILES string of the molecule is CCNC(=NCc1sc(C)nc1C)NCCNC(=O)c1ccccc1O. The van der Waals surface area contributed by atoms with Crippen molar-refractivity contribution in [2.45, 2.75) is 27.3 Å². The van der Waals surface area contributed by atoms with E-state index in [1.807, 2.05) is 20.8 Å². The van der Waals surface area contributed by atoms with Gasteiger partial charge in [-0.25, -0.2) is 9.98 Å². The predicted octanol–water partition coefficient (Wildman–Crippen LogP) is 1.95. The molecule has 0 aliphatic rings. The van der Waals surface area contributed by atoms with Gasteiger partial charge in [-0.05, 0) is 32.9 Å². The van der Waals surface area contributed by atoms with E-state index in [2.05, 4.69) is 25.9 Å². The van der Waals surface area contributed by atoms with Crippen molar-refractivity contribution in [3.8, 4) is 5.75 Å². The molecule has 0 spiro atoms. The van der Waals surface area contributed by atoms with Crippen LogP contribution < -0.4 is 16.0 Å². The number of guanidine groups is 1. The number of nitrogens with zero attached hydrogens (tertiary/aromatic N) is 2. The van der Waals surface area contributed by atoms with E-state index >= 15 is 0 Å². The van der Waals surface area contributed by atoms with E-state index in [0.717, 1.165) is 22.1 Å². The topological polar surface area (TPSA) is 98.6 Å². The number of hydrogen-bond donors (Lipinski definition) is 4. The normalized spacial score (nSPS) is 11.3. The molecule has 0 atom stereocenters. The van der Waals surface area contributed by atoms with E-state index < -0.39 is 0 Å². The fourth-order valence-electron chi connectivity index (χ4n) is 2.33. The molecule has 1 aromatic heterocycles. The fraction of sp³-hybridized carbons (Fsp3) is 0.389. The molecule has 1 amide bonds. The largest absolute Gasteiger partial charge is 0.507 e. The predicted molar refractivity (Wildman–Crippen MR) is 105 cm³/mol. The number of amides is 1. The van der Waals surface area contributed by atoms with Gasteiger partial charge in [0, 0.05) is 24.5 Å². The Morgan fingerprint density at radius 3 is 2.58 bits per heavy atom. The van der Waals surface area contributed by atoms with Crippen LogP contribution in [0.4, 0.5) is 0 Å². The lowest BCUT2D eigenvalue weighted by atomic mass is 10.2. The second-order valence-corrected chi connectivity index (χ2v) is 6.92. The Morgan fingerprint density at radius 2 is 1.92 bits per heavy atom. The summed E-state index contributed by atoms with van der Waals surface area (Å²) in [6, 6.07) is 6.47. The average molecular weight is 375 g/mol. The van der Waals surface area contributed by atoms with Gasteiger partial charge in [-0.2, -0.15) is 0 Å². The molecule has 0 radical (unpaired) electrons. The molecule has 26 heavy (non-hydrogen) atoms. The lowest BCUT2D eigenvalue weighted by Gasteiger charge is -2.12. The Labute approximate surface area is 157 Å². The maximum atomic E-state index is 12.0. The Bertz CT molecular complexity index is 773. The number of phenols is 1. The zero-order chi connectivity index (χ0) is 18.9. The van der Waals surface area contributed by atoms with Crippen molar-refractivity contribution in [2.24, 2.45) is 4.99 Å². The number of nitrogens with one attached hydrogen (secondary N) is 3. The van der Waals surface area contributed by atoms with Crippen molar-refractivity contribution in [3.63, 3.8) is 0 Å². The standard InChI is InChI=1S/C18H25N5O2S/c1-4-19-18(22-11-16-12(2)23-13(3)26-16)21-10-9-20-17(25)14-7-5-6-8-15(14)24/h5-8,24H,4,9-11H2,1-3H3,(H,20,25)(H2,19,21,22). The van der Waals surface area contributed by atoms with Gasteiger partial charge in [0.05, 0.1) is 22.8 Å². The molecule has 0 saturated carbocycles. The highest BCUT2D eigenvalue weighted by Gasteiger charge is 2.09. The first-order valence-electron chi connectivity index (χ1n) is 8.52. The van der Waals surface area contributed by atoms with Crippen LogP contribution >= 0.6 is 11.3 Å². The zero-order valence-electron chi connectivity index (χ0n) is 15.3. The molecule has 0 saturated heterocycles. The number of aliphatic imine (C=N–C) groups is 1. The van der Waals surface area contributed by atoms with E-state index in [4.69, 9.17) is 0 Å². The van der Waals surface area contributed by atoms with Crippen molar-refractivity contribution >= 4 is 23.2 Å². The number of carbonyl (C=O) groups excluding carboxylic acids is 1. The van der Waals surface area contributed by atoms with E-state index in [0.29, 0.717) is 25.6 Å². The maximum Gasteiger partial charge on any atom is 0.255 e. The van der Waals surface area contributed by atoms with Crippen molar-refractivity contribution in [1.29, 1.82) is 0 Å². The van der Waals surface area contributed by atoms with Gasteiger partial charge in [0.2, 0.25) is 0 Å². The molecule has 2 rings (SSSR count). The summed E-state index contributed by atoms with van der Waals surface area (Å²) in [5.41, 5.74) is 1.28. The van der Waals surface area contributed by atoms with Crippen LogP contribution in [-0.2, 0) is 6.54 Å². The van der Waals surface area contributed by atoms with E-state index in [9.17, 15) is 9.90 Å². The summed E-state index contributed by atoms with van der Waals surface area (Å²) in [7, 11) is 0. The van der Waals surface area contributed by atoms with Gasteiger partial charge in [-0.1, -0.05) is 12.1 Å². The molecule has 4 N–H and O–H groups in total. The molecule has 7 nitrogen and oxygen atoms in total. The van der Waals surface area contributed by atoms with Gasteiger partial charge < -0.3 is 21.1 Å². The number of benzene rings is 1. The van der Waals surface area contributed by atoms with E-state index in [-0.39, 0.29) is 17.2 Å². The molecule has 0 fully saturated rings. The number of hydrogen-bond acceptors (Lipinski definition) is 5. The molecule has 0 bridgehead atoms. The monoisotopic (exact) mass is 375 g/mol. The third-order valence-electron chi connectivity index (χ3n) is 3.58. The minimum atomic E-state index is -0.303. The minimum absolute atomic E-state index is 0.0249. The average Bonchev–Trinajstić information content (AvgIpc) is 2.94. The molecule has 140 valence electrons. The molecular formula is C18H25N5O2S. The molecule has 1 aromatic carbocycles. The van der Waals surface area contributed by atoms with Gasteiger partial charge in [0.15, 0.2) is 5.96 Å². The van der Waals surface area contributed by atoms with Crippen LogP contribution in [0.25, 0.3) is 0 Å². The van der Waals surface area contributed by atoms with Crippen molar-refractivity contribution in [2.75, 3.05) is 19.6 Å². The number of aromatic nitrogens is 1. The van der Waals surface area contributed by atoms with Gasteiger partial charge in [-0.15, -0.1) is 11.3 Å². The lowest BCUT2D eigenvalue weighted by Crippen LogP contribution is -2.41. The number of carbonyl (C=O) groups is 1. The van der Waals surface area contributed by atoms with Gasteiger partial charge in [0.1, 0.15) is 5.75 Å². The Morgan fingerprint density at radius 1 is 1.19 bits per heavy atom. The number of para-hydroxylation sites is 1. The van der Waals surface area contributed by atoms with Crippen molar-refractivity contribution in [3.05, 3.63) is 45.4 Å². The molecule has 8 heteroatoms. The summed E-state index contributed by atoms with van der Waals surface area (Å²) in [6.45, 7) is 8.22. The Balaban J connectivity index is 1.82. The van der Waals surface area contributed by atoms with Crippen LogP contribution in [0, 0.1) is 13.8 Å². The summed E-state index contributed by atoms with van der Waals surface area (Å²) in [5, 5.41) is 19.9. The van der Waals surface area contributed by atoms with Crippen LogP contribution in [0.1, 0.15) is 32.9 Å². The van der Waals surface area contributed by atoms with Gasteiger partial charge in [0.25, 0.3) is 5.91 Å². The van der Waals surface area contributed by atoms with Crippen LogP contribution in [-0.4, -0.2) is 41.6 Å². The third kappa shape index (κ3) is 5.73. The summed E-state index contributed by atoms with van der Waals surface area (Å²) >= 11 is 1.65. The summed E-state index contributed by atoms with van der Waals surface area (Å²) in [4.78, 5) is 22.1. The minimum Gasteiger partial charge on any atom is -0.507 e. The van der Waals surface area contributed by atoms with Gasteiger partial charge in [-0.3, -0.25) is 4.79 Å². The first kappa shape index (κ1) is 19.7. The lowest BCUT2D eigenvalue weighted by molar-refractivity contribution is 0.0951. The van der Waals surface area contributed by atoms with Crippen LogP contribution in [0.15, 0.2) is 29.3 Å². The molecule has 0 unspecified atom stereocenters. The highest BCUT2D eigenvalue weighted by atomic mass is 32.1. The van der Waals surface area contributed by atoms with Crippen molar-refractivity contribution in [1.82, 2.24) is 20.9 Å². The molecule has 1 heterocycles. The maximum absolute atomic E-state index is 12.0. The summed E-state index contributed by atoms with van der Waals surface area (Å²) in [6.07, 6.45) is 0. The Hall–Kier alpha value is -2.61. The Kier molecular flexibility index (Phi) is 7.40. The zero-order valence-corrected chi connectivity index (χ0v) is 16.1. The summed E-state index contributed by atoms with van der Waals surface area (Å²) in [5.74, 6) is 0.362. The molecule has 2 aromatic rings. The second kappa shape index (κ2) is 9.76. The third-order valence-corrected chi connectivity index (χ3v) is 4.63. The number of phenolic OH excluding ortho intramolecular Hbond substituents is 1. The molecule has 0 aliphatic heterocycles. The van der Waals surface area contributed by atoms with Gasteiger partial charge >= 0.3 is 0 Å². The van der Waals surface area contributed by atoms with Crippen LogP contribution in [0.2, 0.25) is 0 Å². The number of aryl methyl sites for hydroxylation is 2. The summed E-state index contributed by atoms with van der Waals surface area (Å²) < 4.78 is 0. The smallest absolute Gasteiger partial charge is 0.255 e. The number of thiazole rings is 1. The van der Waals surface area contributed by atoms with Crippen LogP contribution in [0.5, 0.6) is 5.75 Å². The highest BCUT2D eigenvalue weighted by Crippen LogP contribution is 2.17. The highest BCUT2D eigenvalue weighted by molar-refractivity contribution is 7.11. The first-order chi connectivity index (χ1) is 12.5. The fourth-order valence-corrected chi connectivity index (χ4v) is 3.19. The first-order valence-corrected chi connectivity index (χ1v) is 9.34. The molecule has 0 aliphatic carbocycles. The quantitative estimate of drug-likeness (QED) is 0.337. The van der Waals surface area contributed by atoms with E-state index in [1.165, 1.54) is 6.07 Å². The molecular weight excluding hydrogens is 350 g/mol. The van der Waals surface area contributed by atoms with Crippen molar-refractivity contribution < 1.29 is 9.90 Å². The second-order valence-electron chi connectivity index (χ2n) is 5.64. The van der Waals surface area contributed by atoms with Crippen LogP contribution in [0.3, 0.4) is 0 Å². The van der Waals surface area contributed by atoms with E-state index in [1.54, 1.807) is 29.5 Å². The number of rotatable bonds is 7.